The molecule has 1 saturated heterocycles. The van der Waals surface area contributed by atoms with Gasteiger partial charge in [0.2, 0.25) is 0 Å². The van der Waals surface area contributed by atoms with Crippen LogP contribution in [0.4, 0.5) is 10.5 Å². The van der Waals surface area contributed by atoms with Crippen LogP contribution in [-0.4, -0.2) is 37.1 Å². The van der Waals surface area contributed by atoms with Gasteiger partial charge in [-0.25, -0.2) is 4.79 Å². The van der Waals surface area contributed by atoms with Gasteiger partial charge >= 0.3 is 6.03 Å². The Labute approximate surface area is 114 Å². The molecular weight excluding hydrogens is 296 g/mol. The summed E-state index contributed by atoms with van der Waals surface area (Å²) in [5.74, 6) is 0. The maximum absolute atomic E-state index is 11.3. The van der Waals surface area contributed by atoms with E-state index in [1.165, 1.54) is 0 Å². The number of hydrogen-bond donors (Lipinski definition) is 2. The van der Waals surface area contributed by atoms with E-state index in [1.807, 2.05) is 12.1 Å². The molecule has 1 aliphatic rings. The fourth-order valence-corrected chi connectivity index (χ4v) is 2.17. The lowest BCUT2D eigenvalue weighted by molar-refractivity contribution is 0.219. The standard InChI is InChI=1S/C12H13BrN4O/c13-10-2-1-9(8-14)11(7-10)15-3-5-17-6-4-16-12(17)18/h1-2,7,15H,3-6H2,(H,16,18). The number of anilines is 1. The Bertz CT molecular complexity index is 497. The number of halogens is 1. The van der Waals surface area contributed by atoms with Crippen LogP contribution in [0.1, 0.15) is 5.56 Å². The number of nitriles is 1. The van der Waals surface area contributed by atoms with Crippen LogP contribution in [0.2, 0.25) is 0 Å². The fraction of sp³-hybridized carbons (Fsp3) is 0.333. The van der Waals surface area contributed by atoms with E-state index in [-0.39, 0.29) is 6.03 Å². The van der Waals surface area contributed by atoms with E-state index >= 15 is 0 Å². The second-order valence-corrected chi connectivity index (χ2v) is 4.86. The van der Waals surface area contributed by atoms with E-state index in [4.69, 9.17) is 5.26 Å². The van der Waals surface area contributed by atoms with Gasteiger partial charge in [0.1, 0.15) is 6.07 Å². The number of amides is 2. The minimum Gasteiger partial charge on any atom is -0.382 e. The van der Waals surface area contributed by atoms with Crippen LogP contribution < -0.4 is 10.6 Å². The molecule has 1 aliphatic heterocycles. The van der Waals surface area contributed by atoms with Gasteiger partial charge in [0.05, 0.1) is 11.3 Å². The quantitative estimate of drug-likeness (QED) is 0.890. The molecule has 18 heavy (non-hydrogen) atoms. The molecule has 0 aromatic heterocycles. The summed E-state index contributed by atoms with van der Waals surface area (Å²) in [5, 5.41) is 14.9. The van der Waals surface area contributed by atoms with Gasteiger partial charge in [0.15, 0.2) is 0 Å². The van der Waals surface area contributed by atoms with Gasteiger partial charge in [-0.1, -0.05) is 15.9 Å². The minimum atomic E-state index is -0.0217. The summed E-state index contributed by atoms with van der Waals surface area (Å²) >= 11 is 3.37. The molecule has 2 rings (SSSR count). The van der Waals surface area contributed by atoms with Gasteiger partial charge in [-0.2, -0.15) is 5.26 Å². The zero-order valence-electron chi connectivity index (χ0n) is 9.74. The number of rotatable bonds is 4. The lowest BCUT2D eigenvalue weighted by atomic mass is 10.2. The van der Waals surface area contributed by atoms with E-state index < -0.39 is 0 Å². The van der Waals surface area contributed by atoms with Crippen LogP contribution in [0.5, 0.6) is 0 Å². The number of carbonyl (C=O) groups is 1. The van der Waals surface area contributed by atoms with Crippen molar-refractivity contribution in [3.05, 3.63) is 28.2 Å². The van der Waals surface area contributed by atoms with Crippen molar-refractivity contribution in [1.29, 1.82) is 5.26 Å². The van der Waals surface area contributed by atoms with E-state index in [9.17, 15) is 4.79 Å². The molecule has 0 aliphatic carbocycles. The van der Waals surface area contributed by atoms with Crippen molar-refractivity contribution in [3.63, 3.8) is 0 Å². The molecule has 0 atom stereocenters. The Morgan fingerprint density at radius 3 is 3.06 bits per heavy atom. The lowest BCUT2D eigenvalue weighted by Gasteiger charge is -2.15. The van der Waals surface area contributed by atoms with Crippen molar-refractivity contribution in [2.75, 3.05) is 31.5 Å². The first-order chi connectivity index (χ1) is 8.70. The zero-order chi connectivity index (χ0) is 13.0. The van der Waals surface area contributed by atoms with Gasteiger partial charge < -0.3 is 15.5 Å². The highest BCUT2D eigenvalue weighted by atomic mass is 79.9. The van der Waals surface area contributed by atoms with Crippen LogP contribution in [0, 0.1) is 11.3 Å². The molecule has 0 radical (unpaired) electrons. The number of hydrogen-bond acceptors (Lipinski definition) is 3. The van der Waals surface area contributed by atoms with Crippen LogP contribution in [-0.2, 0) is 0 Å². The van der Waals surface area contributed by atoms with Crippen molar-refractivity contribution < 1.29 is 4.79 Å². The summed E-state index contributed by atoms with van der Waals surface area (Å²) in [7, 11) is 0. The average Bonchev–Trinajstić information content (AvgIpc) is 2.76. The molecule has 0 bridgehead atoms. The van der Waals surface area contributed by atoms with Crippen LogP contribution >= 0.6 is 15.9 Å². The summed E-state index contributed by atoms with van der Waals surface area (Å²) in [4.78, 5) is 13.1. The highest BCUT2D eigenvalue weighted by molar-refractivity contribution is 9.10. The maximum atomic E-state index is 11.3. The van der Waals surface area contributed by atoms with Crippen molar-refractivity contribution in [1.82, 2.24) is 10.2 Å². The third kappa shape index (κ3) is 2.93. The molecule has 94 valence electrons. The summed E-state index contributed by atoms with van der Waals surface area (Å²) in [6.45, 7) is 2.70. The predicted octanol–water partition coefficient (Wildman–Crippen LogP) is 1.76. The average molecular weight is 309 g/mol. The number of carbonyl (C=O) groups excluding carboxylic acids is 1. The third-order valence-electron chi connectivity index (χ3n) is 2.74. The molecule has 6 heteroatoms. The lowest BCUT2D eigenvalue weighted by Crippen LogP contribution is -2.32. The van der Waals surface area contributed by atoms with Crippen LogP contribution in [0.3, 0.4) is 0 Å². The summed E-state index contributed by atoms with van der Waals surface area (Å²) in [6, 6.07) is 7.57. The second-order valence-electron chi connectivity index (χ2n) is 3.95. The van der Waals surface area contributed by atoms with Crippen LogP contribution in [0.25, 0.3) is 0 Å². The highest BCUT2D eigenvalue weighted by Crippen LogP contribution is 2.20. The van der Waals surface area contributed by atoms with Gasteiger partial charge in [-0.15, -0.1) is 0 Å². The van der Waals surface area contributed by atoms with Gasteiger partial charge in [-0.3, -0.25) is 0 Å². The SMILES string of the molecule is N#Cc1ccc(Br)cc1NCCN1CCNC1=O. The highest BCUT2D eigenvalue weighted by Gasteiger charge is 2.18. The molecule has 2 amide bonds. The topological polar surface area (TPSA) is 68.2 Å². The third-order valence-corrected chi connectivity index (χ3v) is 3.24. The molecule has 0 saturated carbocycles. The Morgan fingerprint density at radius 1 is 1.56 bits per heavy atom. The summed E-state index contributed by atoms with van der Waals surface area (Å²) in [5.41, 5.74) is 1.38. The van der Waals surface area contributed by atoms with E-state index in [0.717, 1.165) is 16.7 Å². The molecule has 0 spiro atoms. The monoisotopic (exact) mass is 308 g/mol. The Hall–Kier alpha value is -1.74. The first-order valence-electron chi connectivity index (χ1n) is 5.67. The van der Waals surface area contributed by atoms with Crippen molar-refractivity contribution >= 4 is 27.6 Å². The minimum absolute atomic E-state index is 0.0217. The summed E-state index contributed by atoms with van der Waals surface area (Å²) < 4.78 is 0.919. The molecule has 1 aromatic rings. The van der Waals surface area contributed by atoms with Crippen LogP contribution in [0.15, 0.2) is 22.7 Å². The second kappa shape index (κ2) is 5.74. The number of benzene rings is 1. The Morgan fingerprint density at radius 2 is 2.39 bits per heavy atom. The molecule has 1 fully saturated rings. The molecular formula is C12H13BrN4O. The van der Waals surface area contributed by atoms with Gasteiger partial charge in [-0.05, 0) is 18.2 Å². The first-order valence-corrected chi connectivity index (χ1v) is 6.46. The van der Waals surface area contributed by atoms with E-state index in [0.29, 0.717) is 25.2 Å². The molecule has 2 N–H and O–H groups in total. The molecule has 5 nitrogen and oxygen atoms in total. The Kier molecular flexibility index (Phi) is 4.05. The number of nitrogens with zero attached hydrogens (tertiary/aromatic N) is 2. The zero-order valence-corrected chi connectivity index (χ0v) is 11.3. The van der Waals surface area contributed by atoms with Gasteiger partial charge in [0.25, 0.3) is 0 Å². The smallest absolute Gasteiger partial charge is 0.317 e. The van der Waals surface area contributed by atoms with E-state index in [2.05, 4.69) is 32.6 Å². The maximum Gasteiger partial charge on any atom is 0.317 e. The van der Waals surface area contributed by atoms with Crippen molar-refractivity contribution in [2.45, 2.75) is 0 Å². The molecule has 0 unspecified atom stereocenters. The van der Waals surface area contributed by atoms with E-state index in [1.54, 1.807) is 11.0 Å². The molecule has 1 aromatic carbocycles. The Balaban J connectivity index is 1.92. The largest absolute Gasteiger partial charge is 0.382 e. The van der Waals surface area contributed by atoms with Crippen molar-refractivity contribution in [2.24, 2.45) is 0 Å². The first kappa shape index (κ1) is 12.7. The number of nitrogens with one attached hydrogen (secondary N) is 2. The fourth-order valence-electron chi connectivity index (χ4n) is 1.81. The normalized spacial score (nSPS) is 14.2. The summed E-state index contributed by atoms with van der Waals surface area (Å²) in [6.07, 6.45) is 0. The van der Waals surface area contributed by atoms with Gasteiger partial charge in [0, 0.05) is 30.7 Å². The molecule has 1 heterocycles. The predicted molar refractivity (Wildman–Crippen MR) is 72.3 cm³/mol. The van der Waals surface area contributed by atoms with Crippen molar-refractivity contribution in [3.8, 4) is 6.07 Å². The number of urea groups is 1.